The van der Waals surface area contributed by atoms with Crippen LogP contribution in [0.15, 0.2) is 36.4 Å². The van der Waals surface area contributed by atoms with E-state index in [1.165, 1.54) is 0 Å². The molecule has 1 nitrogen and oxygen atoms in total. The summed E-state index contributed by atoms with van der Waals surface area (Å²) in [5, 5.41) is 1.19. The molecule has 0 saturated carbocycles. The molecule has 0 amide bonds. The van der Waals surface area contributed by atoms with Gasteiger partial charge in [-0.1, -0.05) is 61.3 Å². The fourth-order valence-electron chi connectivity index (χ4n) is 1.63. The molecule has 2 aromatic carbocycles. The summed E-state index contributed by atoms with van der Waals surface area (Å²) in [6.45, 7) is 7.80. The Labute approximate surface area is 130 Å². The van der Waals surface area contributed by atoms with Crippen LogP contribution in [0, 0.1) is 13.8 Å². The van der Waals surface area contributed by atoms with Crippen LogP contribution in [0.25, 0.3) is 0 Å². The summed E-state index contributed by atoms with van der Waals surface area (Å²) in [6, 6.07) is 10.6. The van der Waals surface area contributed by atoms with Crippen LogP contribution in [0.1, 0.15) is 40.9 Å². The molecule has 2 aromatic rings. The topological polar surface area (TPSA) is 17.1 Å². The van der Waals surface area contributed by atoms with Crippen LogP contribution in [0.2, 0.25) is 10.0 Å². The van der Waals surface area contributed by atoms with Gasteiger partial charge in [-0.15, -0.1) is 0 Å². The molecule has 0 aromatic heterocycles. The smallest absolute Gasteiger partial charge is 0.193 e. The summed E-state index contributed by atoms with van der Waals surface area (Å²) in [5.74, 6) is -0.0706. The van der Waals surface area contributed by atoms with E-state index in [9.17, 15) is 4.79 Å². The van der Waals surface area contributed by atoms with Gasteiger partial charge in [-0.05, 0) is 37.1 Å². The Hall–Kier alpha value is -1.31. The number of hydrogen-bond donors (Lipinski definition) is 0. The zero-order valence-corrected chi connectivity index (χ0v) is 13.6. The molecule has 3 heteroatoms. The van der Waals surface area contributed by atoms with Crippen LogP contribution < -0.4 is 0 Å². The maximum atomic E-state index is 12.3. The molecule has 0 radical (unpaired) electrons. The number of benzene rings is 2. The summed E-state index contributed by atoms with van der Waals surface area (Å²) < 4.78 is 0. The van der Waals surface area contributed by atoms with E-state index in [-0.39, 0.29) is 5.78 Å². The van der Waals surface area contributed by atoms with E-state index in [1.54, 1.807) is 24.3 Å². The Bertz CT molecular complexity index is 565. The highest BCUT2D eigenvalue weighted by atomic mass is 35.5. The van der Waals surface area contributed by atoms with Crippen molar-refractivity contribution in [2.24, 2.45) is 0 Å². The van der Waals surface area contributed by atoms with Crippen molar-refractivity contribution < 1.29 is 4.79 Å². The summed E-state index contributed by atoms with van der Waals surface area (Å²) in [6.07, 6.45) is 0. The summed E-state index contributed by atoms with van der Waals surface area (Å²) in [5.41, 5.74) is 3.06. The first-order chi connectivity index (χ1) is 9.49. The van der Waals surface area contributed by atoms with Gasteiger partial charge in [0.05, 0.1) is 0 Å². The number of ketones is 1. The molecule has 0 bridgehead atoms. The standard InChI is InChI=1S/C15H12Cl2O.C2H6/c1-9-3-5-11(7-13(9)16)15(18)12-6-4-10(2)14(17)8-12;1-2/h3-8H,1-2H3;1-2H3. The zero-order valence-electron chi connectivity index (χ0n) is 12.1. The third kappa shape index (κ3) is 3.84. The Morgan fingerprint density at radius 3 is 1.45 bits per heavy atom. The number of hydrogen-bond acceptors (Lipinski definition) is 1. The van der Waals surface area contributed by atoms with E-state index >= 15 is 0 Å². The summed E-state index contributed by atoms with van der Waals surface area (Å²) >= 11 is 12.0. The molecule has 0 aliphatic rings. The van der Waals surface area contributed by atoms with E-state index in [0.29, 0.717) is 21.2 Å². The summed E-state index contributed by atoms with van der Waals surface area (Å²) in [7, 11) is 0. The molecule has 0 unspecified atom stereocenters. The Morgan fingerprint density at radius 1 is 0.800 bits per heavy atom. The average molecular weight is 309 g/mol. The molecule has 0 spiro atoms. The Kier molecular flexibility index (Phi) is 6.25. The molecule has 106 valence electrons. The van der Waals surface area contributed by atoms with Crippen molar-refractivity contribution in [2.75, 3.05) is 0 Å². The van der Waals surface area contributed by atoms with Gasteiger partial charge in [0.1, 0.15) is 0 Å². The molecular weight excluding hydrogens is 291 g/mol. The normalized spacial score (nSPS) is 9.70. The van der Waals surface area contributed by atoms with Gasteiger partial charge in [0.15, 0.2) is 5.78 Å². The number of carbonyl (C=O) groups excluding carboxylic acids is 1. The van der Waals surface area contributed by atoms with Gasteiger partial charge in [-0.25, -0.2) is 0 Å². The lowest BCUT2D eigenvalue weighted by Crippen LogP contribution is -2.01. The molecule has 0 aliphatic heterocycles. The highest BCUT2D eigenvalue weighted by Gasteiger charge is 2.11. The lowest BCUT2D eigenvalue weighted by molar-refractivity contribution is 0.103. The van der Waals surface area contributed by atoms with Gasteiger partial charge in [0, 0.05) is 21.2 Å². The van der Waals surface area contributed by atoms with Crippen molar-refractivity contribution in [3.05, 3.63) is 68.7 Å². The van der Waals surface area contributed by atoms with Crippen molar-refractivity contribution >= 4 is 29.0 Å². The highest BCUT2D eigenvalue weighted by Crippen LogP contribution is 2.22. The van der Waals surface area contributed by atoms with E-state index < -0.39 is 0 Å². The first-order valence-electron chi connectivity index (χ1n) is 6.56. The first kappa shape index (κ1) is 16.7. The van der Waals surface area contributed by atoms with Gasteiger partial charge >= 0.3 is 0 Å². The largest absolute Gasteiger partial charge is 0.289 e. The zero-order chi connectivity index (χ0) is 15.3. The average Bonchev–Trinajstić information content (AvgIpc) is 2.46. The van der Waals surface area contributed by atoms with Gasteiger partial charge in [0.2, 0.25) is 0 Å². The molecule has 0 atom stereocenters. The van der Waals surface area contributed by atoms with Crippen LogP contribution in [0.4, 0.5) is 0 Å². The second-order valence-corrected chi connectivity index (χ2v) is 5.07. The molecule has 0 aliphatic carbocycles. The van der Waals surface area contributed by atoms with Crippen LogP contribution in [0.3, 0.4) is 0 Å². The maximum absolute atomic E-state index is 12.3. The minimum absolute atomic E-state index is 0.0706. The number of rotatable bonds is 2. The third-order valence-electron chi connectivity index (χ3n) is 2.87. The monoisotopic (exact) mass is 308 g/mol. The van der Waals surface area contributed by atoms with Crippen LogP contribution in [-0.4, -0.2) is 5.78 Å². The minimum Gasteiger partial charge on any atom is -0.289 e. The van der Waals surface area contributed by atoms with Crippen LogP contribution in [-0.2, 0) is 0 Å². The molecule has 0 N–H and O–H groups in total. The second-order valence-electron chi connectivity index (χ2n) is 4.26. The van der Waals surface area contributed by atoms with Crippen molar-refractivity contribution in [3.63, 3.8) is 0 Å². The second kappa shape index (κ2) is 7.47. The van der Waals surface area contributed by atoms with Gasteiger partial charge in [-0.2, -0.15) is 0 Å². The number of aryl methyl sites for hydroxylation is 2. The Morgan fingerprint density at radius 2 is 1.15 bits per heavy atom. The SMILES string of the molecule is CC.Cc1ccc(C(=O)c2ccc(C)c(Cl)c2)cc1Cl. The Balaban J connectivity index is 0.000000956. The maximum Gasteiger partial charge on any atom is 0.193 e. The van der Waals surface area contributed by atoms with Crippen molar-refractivity contribution in [3.8, 4) is 0 Å². The van der Waals surface area contributed by atoms with Crippen LogP contribution in [0.5, 0.6) is 0 Å². The summed E-state index contributed by atoms with van der Waals surface area (Å²) in [4.78, 5) is 12.3. The van der Waals surface area contributed by atoms with E-state index in [4.69, 9.17) is 23.2 Å². The predicted molar refractivity (Wildman–Crippen MR) is 87.2 cm³/mol. The van der Waals surface area contributed by atoms with E-state index in [2.05, 4.69) is 0 Å². The van der Waals surface area contributed by atoms with Crippen molar-refractivity contribution in [1.82, 2.24) is 0 Å². The molecule has 0 fully saturated rings. The highest BCUT2D eigenvalue weighted by molar-refractivity contribution is 6.32. The molecule has 20 heavy (non-hydrogen) atoms. The fraction of sp³-hybridized carbons (Fsp3) is 0.235. The third-order valence-corrected chi connectivity index (χ3v) is 3.68. The molecule has 0 heterocycles. The molecule has 2 rings (SSSR count). The molecule has 0 saturated heterocycles. The van der Waals surface area contributed by atoms with E-state index in [1.807, 2.05) is 39.8 Å². The number of carbonyl (C=O) groups is 1. The van der Waals surface area contributed by atoms with Crippen LogP contribution >= 0.6 is 23.2 Å². The lowest BCUT2D eigenvalue weighted by Gasteiger charge is -2.05. The van der Waals surface area contributed by atoms with Gasteiger partial charge in [-0.3, -0.25) is 4.79 Å². The van der Waals surface area contributed by atoms with Gasteiger partial charge < -0.3 is 0 Å². The van der Waals surface area contributed by atoms with Crippen molar-refractivity contribution in [2.45, 2.75) is 27.7 Å². The minimum atomic E-state index is -0.0706. The quantitative estimate of drug-likeness (QED) is 0.634. The fourth-order valence-corrected chi connectivity index (χ4v) is 2.00. The number of halogens is 2. The van der Waals surface area contributed by atoms with E-state index in [0.717, 1.165) is 11.1 Å². The molecular formula is C17H18Cl2O. The lowest BCUT2D eigenvalue weighted by atomic mass is 10.0. The predicted octanol–water partition coefficient (Wildman–Crippen LogP) is 5.87. The first-order valence-corrected chi connectivity index (χ1v) is 7.31. The van der Waals surface area contributed by atoms with Crippen molar-refractivity contribution in [1.29, 1.82) is 0 Å². The van der Waals surface area contributed by atoms with Gasteiger partial charge in [0.25, 0.3) is 0 Å².